The Morgan fingerprint density at radius 1 is 1.21 bits per heavy atom. The third kappa shape index (κ3) is 6.05. The van der Waals surface area contributed by atoms with Gasteiger partial charge in [-0.3, -0.25) is 4.79 Å². The van der Waals surface area contributed by atoms with Gasteiger partial charge in [0, 0.05) is 55.8 Å². The number of amides is 1. The molecule has 0 radical (unpaired) electrons. The number of carbonyl (C=O) groups is 1. The Morgan fingerprint density at radius 2 is 1.94 bits per heavy atom. The van der Waals surface area contributed by atoms with E-state index < -0.39 is 0 Å². The Morgan fingerprint density at radius 3 is 2.68 bits per heavy atom. The number of likely N-dealkylation sites (tertiary alicyclic amines) is 1. The fourth-order valence-electron chi connectivity index (χ4n) is 4.14. The molecule has 1 N–H and O–H groups in total. The van der Waals surface area contributed by atoms with Gasteiger partial charge in [-0.05, 0) is 43.0 Å². The van der Waals surface area contributed by atoms with Gasteiger partial charge in [-0.25, -0.2) is 9.37 Å². The molecule has 1 aromatic heterocycles. The van der Waals surface area contributed by atoms with Crippen LogP contribution in [0.3, 0.4) is 0 Å². The second-order valence-electron chi connectivity index (χ2n) is 8.33. The quantitative estimate of drug-likeness (QED) is 0.299. The van der Waals surface area contributed by atoms with Crippen molar-refractivity contribution in [1.82, 2.24) is 9.88 Å². The highest BCUT2D eigenvalue weighted by atomic mass is 32.1. The highest BCUT2D eigenvalue weighted by molar-refractivity contribution is 7.80. The molecule has 0 atom stereocenters. The summed E-state index contributed by atoms with van der Waals surface area (Å²) in [4.78, 5) is 20.9. The number of aromatic nitrogens is 1. The van der Waals surface area contributed by atoms with E-state index in [1.165, 1.54) is 12.1 Å². The molecular formula is C26H28FN3O2S2. The van der Waals surface area contributed by atoms with Crippen molar-refractivity contribution in [1.29, 1.82) is 0 Å². The van der Waals surface area contributed by atoms with Crippen molar-refractivity contribution >= 4 is 40.1 Å². The molecule has 0 unspecified atom stereocenters. The minimum Gasteiger partial charge on any atom is -0.385 e. The number of hydrogen-bond acceptors (Lipinski definition) is 5. The van der Waals surface area contributed by atoms with Gasteiger partial charge in [-0.1, -0.05) is 42.5 Å². The summed E-state index contributed by atoms with van der Waals surface area (Å²) in [5, 5.41) is 5.81. The molecule has 178 valence electrons. The number of anilines is 1. The van der Waals surface area contributed by atoms with E-state index in [1.54, 1.807) is 30.6 Å². The molecule has 2 aromatic carbocycles. The van der Waals surface area contributed by atoms with E-state index in [4.69, 9.17) is 17.0 Å². The topological polar surface area (TPSA) is 54.5 Å². The summed E-state index contributed by atoms with van der Waals surface area (Å²) in [6.07, 6.45) is 3.79. The zero-order valence-corrected chi connectivity index (χ0v) is 20.8. The lowest BCUT2D eigenvalue weighted by atomic mass is 9.97. The number of rotatable bonds is 8. The molecule has 8 heteroatoms. The molecule has 3 aromatic rings. The number of methoxy groups -OCH3 is 1. The standard InChI is InChI=1S/C26H28FN3O2S2/c1-32-16-4-7-24(33)30-14-12-19(13-15-30)26-29-23(17-34-26)25(31)28-22-6-3-2-5-21(22)18-8-10-20(27)11-9-18/h2-3,5-6,8-11,17,19H,4,7,12-16H2,1H3,(H,28,31). The molecule has 1 amide bonds. The van der Waals surface area contributed by atoms with Gasteiger partial charge >= 0.3 is 0 Å². The van der Waals surface area contributed by atoms with Crippen LogP contribution < -0.4 is 5.32 Å². The van der Waals surface area contributed by atoms with Crippen molar-refractivity contribution in [2.24, 2.45) is 0 Å². The smallest absolute Gasteiger partial charge is 0.275 e. The Labute approximate surface area is 209 Å². The Bertz CT molecular complexity index is 1130. The zero-order chi connectivity index (χ0) is 23.9. The normalized spacial score (nSPS) is 14.2. The van der Waals surface area contributed by atoms with E-state index in [2.05, 4.69) is 15.2 Å². The lowest BCUT2D eigenvalue weighted by molar-refractivity contribution is 0.102. The number of hydrogen-bond donors (Lipinski definition) is 1. The second-order valence-corrected chi connectivity index (χ2v) is 9.69. The summed E-state index contributed by atoms with van der Waals surface area (Å²) in [6.45, 7) is 2.57. The van der Waals surface area contributed by atoms with Gasteiger partial charge < -0.3 is 15.0 Å². The van der Waals surface area contributed by atoms with Gasteiger partial charge in [-0.2, -0.15) is 0 Å². The number of para-hydroxylation sites is 1. The van der Waals surface area contributed by atoms with Crippen LogP contribution in [0.15, 0.2) is 53.9 Å². The lowest BCUT2D eigenvalue weighted by Crippen LogP contribution is -2.37. The number of thiazole rings is 1. The molecule has 2 heterocycles. The van der Waals surface area contributed by atoms with Crippen LogP contribution >= 0.6 is 23.6 Å². The zero-order valence-electron chi connectivity index (χ0n) is 19.1. The van der Waals surface area contributed by atoms with E-state index in [0.717, 1.165) is 66.5 Å². The summed E-state index contributed by atoms with van der Waals surface area (Å²) in [5.41, 5.74) is 2.76. The minimum absolute atomic E-state index is 0.242. The number of piperidine rings is 1. The number of nitrogens with one attached hydrogen (secondary N) is 1. The van der Waals surface area contributed by atoms with Gasteiger partial charge in [0.05, 0.1) is 10.00 Å². The van der Waals surface area contributed by atoms with Gasteiger partial charge in [0.25, 0.3) is 5.91 Å². The highest BCUT2D eigenvalue weighted by Gasteiger charge is 2.25. The first-order chi connectivity index (χ1) is 16.5. The lowest BCUT2D eigenvalue weighted by Gasteiger charge is -2.33. The Balaban J connectivity index is 1.37. The summed E-state index contributed by atoms with van der Waals surface area (Å²) < 4.78 is 18.4. The molecular weight excluding hydrogens is 469 g/mol. The second kappa shape index (κ2) is 11.6. The van der Waals surface area contributed by atoms with Gasteiger partial charge in [-0.15, -0.1) is 11.3 Å². The average molecular weight is 498 g/mol. The number of carbonyl (C=O) groups excluding carboxylic acids is 1. The van der Waals surface area contributed by atoms with E-state index in [-0.39, 0.29) is 11.7 Å². The van der Waals surface area contributed by atoms with Crippen molar-refractivity contribution in [2.75, 3.05) is 32.1 Å². The van der Waals surface area contributed by atoms with Crippen LogP contribution in [0.2, 0.25) is 0 Å². The van der Waals surface area contributed by atoms with E-state index >= 15 is 0 Å². The largest absolute Gasteiger partial charge is 0.385 e. The van der Waals surface area contributed by atoms with Crippen LogP contribution in [0.5, 0.6) is 0 Å². The van der Waals surface area contributed by atoms with Crippen LogP contribution in [-0.4, -0.2) is 47.6 Å². The molecule has 34 heavy (non-hydrogen) atoms. The fourth-order valence-corrected chi connectivity index (χ4v) is 5.44. The molecule has 5 nitrogen and oxygen atoms in total. The summed E-state index contributed by atoms with van der Waals surface area (Å²) in [6, 6.07) is 13.7. The Hall–Kier alpha value is -2.68. The molecule has 1 aliphatic rings. The maximum atomic E-state index is 13.3. The van der Waals surface area contributed by atoms with E-state index in [1.807, 2.05) is 29.6 Å². The van der Waals surface area contributed by atoms with Gasteiger partial charge in [0.15, 0.2) is 0 Å². The van der Waals surface area contributed by atoms with Crippen molar-refractivity contribution in [3.8, 4) is 11.1 Å². The van der Waals surface area contributed by atoms with Crippen LogP contribution in [-0.2, 0) is 4.74 Å². The molecule has 1 aliphatic heterocycles. The average Bonchev–Trinajstić information content (AvgIpc) is 3.36. The van der Waals surface area contributed by atoms with Crippen molar-refractivity contribution in [3.05, 3.63) is 70.4 Å². The van der Waals surface area contributed by atoms with Gasteiger partial charge in [0.2, 0.25) is 0 Å². The van der Waals surface area contributed by atoms with Crippen LogP contribution in [0.4, 0.5) is 10.1 Å². The van der Waals surface area contributed by atoms with E-state index in [9.17, 15) is 9.18 Å². The molecule has 0 aliphatic carbocycles. The predicted octanol–water partition coefficient (Wildman–Crippen LogP) is 6.13. The molecule has 0 bridgehead atoms. The summed E-state index contributed by atoms with van der Waals surface area (Å²) >= 11 is 7.12. The first-order valence-electron chi connectivity index (χ1n) is 11.4. The summed E-state index contributed by atoms with van der Waals surface area (Å²) in [7, 11) is 1.71. The molecule has 0 spiro atoms. The fraction of sp³-hybridized carbons (Fsp3) is 0.346. The van der Waals surface area contributed by atoms with Crippen LogP contribution in [0.25, 0.3) is 11.1 Å². The van der Waals surface area contributed by atoms with Crippen molar-refractivity contribution in [3.63, 3.8) is 0 Å². The molecule has 1 fully saturated rings. The Kier molecular flexibility index (Phi) is 8.37. The van der Waals surface area contributed by atoms with Crippen molar-refractivity contribution < 1.29 is 13.9 Å². The predicted molar refractivity (Wildman–Crippen MR) is 139 cm³/mol. The molecule has 0 saturated carbocycles. The first-order valence-corrected chi connectivity index (χ1v) is 12.7. The third-order valence-electron chi connectivity index (χ3n) is 6.02. The summed E-state index contributed by atoms with van der Waals surface area (Å²) in [5.74, 6) is -0.191. The van der Waals surface area contributed by atoms with Crippen LogP contribution in [0, 0.1) is 5.82 Å². The molecule has 4 rings (SSSR count). The maximum absolute atomic E-state index is 13.3. The number of nitrogens with zero attached hydrogens (tertiary/aromatic N) is 2. The van der Waals surface area contributed by atoms with Gasteiger partial charge in [0.1, 0.15) is 11.5 Å². The monoisotopic (exact) mass is 497 g/mol. The minimum atomic E-state index is -0.293. The number of ether oxygens (including phenoxy) is 1. The highest BCUT2D eigenvalue weighted by Crippen LogP contribution is 2.32. The molecule has 1 saturated heterocycles. The first kappa shape index (κ1) is 24.4. The van der Waals surface area contributed by atoms with E-state index in [0.29, 0.717) is 17.3 Å². The van der Waals surface area contributed by atoms with Crippen LogP contribution in [0.1, 0.15) is 47.1 Å². The third-order valence-corrected chi connectivity index (χ3v) is 7.49. The SMILES string of the molecule is COCCCC(=S)N1CCC(c2nc(C(=O)Nc3ccccc3-c3ccc(F)cc3)cs2)CC1. The number of thiocarbonyl (C=S) groups is 1. The number of halogens is 1. The maximum Gasteiger partial charge on any atom is 0.275 e. The van der Waals surface area contributed by atoms with Crippen molar-refractivity contribution in [2.45, 2.75) is 31.6 Å². The number of benzene rings is 2.